The fraction of sp³-hybridized carbons (Fsp3) is 0.267. The van der Waals surface area contributed by atoms with Gasteiger partial charge in [0.05, 0.1) is 17.7 Å². The van der Waals surface area contributed by atoms with Crippen LogP contribution in [0.3, 0.4) is 0 Å². The van der Waals surface area contributed by atoms with E-state index in [9.17, 15) is 4.79 Å². The Labute approximate surface area is 146 Å². The number of esters is 1. The highest BCUT2D eigenvalue weighted by Gasteiger charge is 2.20. The van der Waals surface area contributed by atoms with E-state index in [0.29, 0.717) is 44.3 Å². The quantitative estimate of drug-likeness (QED) is 0.420. The summed E-state index contributed by atoms with van der Waals surface area (Å²) in [5.41, 5.74) is 6.84. The summed E-state index contributed by atoms with van der Waals surface area (Å²) in [5, 5.41) is 1.36. The predicted molar refractivity (Wildman–Crippen MR) is 94.1 cm³/mol. The van der Waals surface area contributed by atoms with Crippen molar-refractivity contribution in [3.63, 3.8) is 0 Å². The number of carbonyl (C=O) groups is 1. The minimum absolute atomic E-state index is 0.326. The molecule has 3 heterocycles. The lowest BCUT2D eigenvalue weighted by Gasteiger charge is -2.03. The van der Waals surface area contributed by atoms with Crippen LogP contribution in [0.25, 0.3) is 10.2 Å². The van der Waals surface area contributed by atoms with Crippen LogP contribution in [0.5, 0.6) is 0 Å². The maximum absolute atomic E-state index is 12.0. The largest absolute Gasteiger partial charge is 0.462 e. The van der Waals surface area contributed by atoms with Crippen LogP contribution in [-0.2, 0) is 10.5 Å². The van der Waals surface area contributed by atoms with Crippen LogP contribution >= 0.6 is 23.1 Å². The first-order valence-electron chi connectivity index (χ1n) is 7.22. The second-order valence-corrected chi connectivity index (χ2v) is 6.74. The lowest BCUT2D eigenvalue weighted by Crippen LogP contribution is -2.04. The van der Waals surface area contributed by atoms with Gasteiger partial charge < -0.3 is 10.5 Å². The Hall–Kier alpha value is -2.26. The molecule has 0 aliphatic rings. The SMILES string of the molecule is CCOC(=O)c1sc2nc(CSc3ncccn3)nc(N)c2c1C. The molecule has 0 fully saturated rings. The highest BCUT2D eigenvalue weighted by Crippen LogP contribution is 2.33. The first-order chi connectivity index (χ1) is 11.6. The van der Waals surface area contributed by atoms with Gasteiger partial charge in [0.1, 0.15) is 21.3 Å². The third kappa shape index (κ3) is 3.31. The van der Waals surface area contributed by atoms with Crippen molar-refractivity contribution in [1.29, 1.82) is 0 Å². The molecule has 2 N–H and O–H groups in total. The molecule has 0 unspecified atom stereocenters. The Morgan fingerprint density at radius 1 is 1.33 bits per heavy atom. The molecule has 0 bridgehead atoms. The van der Waals surface area contributed by atoms with Crippen molar-refractivity contribution in [2.24, 2.45) is 0 Å². The van der Waals surface area contributed by atoms with E-state index in [0.717, 1.165) is 5.56 Å². The molecule has 3 rings (SSSR count). The lowest BCUT2D eigenvalue weighted by atomic mass is 10.2. The van der Waals surface area contributed by atoms with Gasteiger partial charge in [-0.2, -0.15) is 0 Å². The van der Waals surface area contributed by atoms with E-state index in [4.69, 9.17) is 10.5 Å². The number of nitrogens with zero attached hydrogens (tertiary/aromatic N) is 4. The number of hydrogen-bond donors (Lipinski definition) is 1. The van der Waals surface area contributed by atoms with E-state index in [1.807, 2.05) is 6.92 Å². The van der Waals surface area contributed by atoms with Gasteiger partial charge in [-0.05, 0) is 25.5 Å². The van der Waals surface area contributed by atoms with Crippen molar-refractivity contribution in [1.82, 2.24) is 19.9 Å². The summed E-state index contributed by atoms with van der Waals surface area (Å²) in [5.74, 6) is 1.09. The highest BCUT2D eigenvalue weighted by atomic mass is 32.2. The molecule has 124 valence electrons. The van der Waals surface area contributed by atoms with Crippen molar-refractivity contribution in [2.75, 3.05) is 12.3 Å². The summed E-state index contributed by atoms with van der Waals surface area (Å²) in [6.07, 6.45) is 3.37. The zero-order valence-electron chi connectivity index (χ0n) is 13.1. The number of nitrogen functional groups attached to an aromatic ring is 1. The number of nitrogens with two attached hydrogens (primary N) is 1. The molecule has 0 aromatic carbocycles. The number of ether oxygens (including phenoxy) is 1. The Balaban J connectivity index is 1.90. The first-order valence-corrected chi connectivity index (χ1v) is 9.02. The molecule has 0 saturated carbocycles. The summed E-state index contributed by atoms with van der Waals surface area (Å²) >= 11 is 2.70. The average molecular weight is 361 g/mol. The number of anilines is 1. The standard InChI is InChI=1S/C15H15N5O2S2/c1-3-22-14(21)11-8(2)10-12(16)19-9(20-13(10)24-11)7-23-15-17-5-4-6-18-15/h4-6H,3,7H2,1-2H3,(H2,16,19,20). The van der Waals surface area contributed by atoms with Crippen LogP contribution in [-0.4, -0.2) is 32.5 Å². The van der Waals surface area contributed by atoms with Gasteiger partial charge in [-0.15, -0.1) is 11.3 Å². The first kappa shape index (κ1) is 16.6. The molecule has 0 saturated heterocycles. The minimum Gasteiger partial charge on any atom is -0.462 e. The molecule has 0 spiro atoms. The van der Waals surface area contributed by atoms with Crippen molar-refractivity contribution in [2.45, 2.75) is 24.8 Å². The minimum atomic E-state index is -0.356. The molecular weight excluding hydrogens is 346 g/mol. The van der Waals surface area contributed by atoms with Crippen molar-refractivity contribution >= 4 is 45.1 Å². The predicted octanol–water partition coefficient (Wildman–Crippen LogP) is 2.84. The number of thioether (sulfide) groups is 1. The van der Waals surface area contributed by atoms with E-state index in [2.05, 4.69) is 19.9 Å². The normalized spacial score (nSPS) is 10.9. The molecular formula is C15H15N5O2S2. The number of aryl methyl sites for hydroxylation is 1. The number of rotatable bonds is 5. The van der Waals surface area contributed by atoms with Crippen LogP contribution < -0.4 is 5.73 Å². The zero-order chi connectivity index (χ0) is 17.1. The Kier molecular flexibility index (Phi) is 4.91. The fourth-order valence-corrected chi connectivity index (χ4v) is 3.92. The third-order valence-electron chi connectivity index (χ3n) is 3.20. The second-order valence-electron chi connectivity index (χ2n) is 4.80. The van der Waals surface area contributed by atoms with E-state index < -0.39 is 0 Å². The van der Waals surface area contributed by atoms with Gasteiger partial charge in [-0.3, -0.25) is 0 Å². The smallest absolute Gasteiger partial charge is 0.348 e. The topological polar surface area (TPSA) is 104 Å². The van der Waals surface area contributed by atoms with Gasteiger partial charge >= 0.3 is 5.97 Å². The van der Waals surface area contributed by atoms with E-state index in [1.54, 1.807) is 25.4 Å². The van der Waals surface area contributed by atoms with Crippen LogP contribution in [0, 0.1) is 6.92 Å². The monoisotopic (exact) mass is 361 g/mol. The molecule has 0 radical (unpaired) electrons. The van der Waals surface area contributed by atoms with E-state index in [-0.39, 0.29) is 5.97 Å². The lowest BCUT2D eigenvalue weighted by molar-refractivity contribution is 0.0531. The van der Waals surface area contributed by atoms with Gasteiger partial charge in [0, 0.05) is 12.4 Å². The molecule has 3 aromatic rings. The van der Waals surface area contributed by atoms with Crippen molar-refractivity contribution < 1.29 is 9.53 Å². The molecule has 24 heavy (non-hydrogen) atoms. The Morgan fingerprint density at radius 2 is 2.08 bits per heavy atom. The zero-order valence-corrected chi connectivity index (χ0v) is 14.8. The summed E-state index contributed by atoms with van der Waals surface area (Å²) < 4.78 is 5.08. The van der Waals surface area contributed by atoms with Gasteiger partial charge in [-0.25, -0.2) is 24.7 Å². The van der Waals surface area contributed by atoms with Gasteiger partial charge in [0.25, 0.3) is 0 Å². The summed E-state index contributed by atoms with van der Waals surface area (Å²) in [6, 6.07) is 1.76. The van der Waals surface area contributed by atoms with Crippen LogP contribution in [0.4, 0.5) is 5.82 Å². The maximum Gasteiger partial charge on any atom is 0.348 e. The maximum atomic E-state index is 12.0. The number of fused-ring (bicyclic) bond motifs is 1. The number of aromatic nitrogens is 4. The Morgan fingerprint density at radius 3 is 2.79 bits per heavy atom. The Bertz CT molecular complexity index is 882. The van der Waals surface area contributed by atoms with Crippen molar-refractivity contribution in [3.05, 3.63) is 34.7 Å². The average Bonchev–Trinajstić information content (AvgIpc) is 2.91. The molecule has 9 heteroatoms. The highest BCUT2D eigenvalue weighted by molar-refractivity contribution is 7.98. The fourth-order valence-electron chi connectivity index (χ4n) is 2.16. The van der Waals surface area contributed by atoms with Crippen LogP contribution in [0.1, 0.15) is 28.0 Å². The molecule has 7 nitrogen and oxygen atoms in total. The second kappa shape index (κ2) is 7.10. The van der Waals surface area contributed by atoms with Gasteiger partial charge in [0.2, 0.25) is 0 Å². The van der Waals surface area contributed by atoms with Crippen LogP contribution in [0.2, 0.25) is 0 Å². The molecule has 0 aliphatic heterocycles. The molecule has 3 aromatic heterocycles. The number of hydrogen-bond acceptors (Lipinski definition) is 9. The van der Waals surface area contributed by atoms with Crippen molar-refractivity contribution in [3.8, 4) is 0 Å². The summed E-state index contributed by atoms with van der Waals surface area (Å²) in [7, 11) is 0. The number of carbonyl (C=O) groups excluding carboxylic acids is 1. The molecule has 0 amide bonds. The van der Waals surface area contributed by atoms with Gasteiger partial charge in [-0.1, -0.05) is 11.8 Å². The summed E-state index contributed by atoms with van der Waals surface area (Å²) in [6.45, 7) is 3.93. The van der Waals surface area contributed by atoms with Crippen LogP contribution in [0.15, 0.2) is 23.6 Å². The number of thiophene rings is 1. The van der Waals surface area contributed by atoms with E-state index >= 15 is 0 Å². The van der Waals surface area contributed by atoms with E-state index in [1.165, 1.54) is 23.1 Å². The molecule has 0 aliphatic carbocycles. The van der Waals surface area contributed by atoms with Gasteiger partial charge in [0.15, 0.2) is 5.16 Å². The molecule has 0 atom stereocenters. The summed E-state index contributed by atoms with van der Waals surface area (Å²) in [4.78, 5) is 30.4. The third-order valence-corrected chi connectivity index (χ3v) is 5.24.